The lowest BCUT2D eigenvalue weighted by Gasteiger charge is -2.37. The second kappa shape index (κ2) is 14.0. The van der Waals surface area contributed by atoms with Gasteiger partial charge in [0.2, 0.25) is 0 Å². The van der Waals surface area contributed by atoms with Crippen LogP contribution in [0.2, 0.25) is 0 Å². The molecule has 2 aromatic carbocycles. The quantitative estimate of drug-likeness (QED) is 0.229. The predicted molar refractivity (Wildman–Crippen MR) is 163 cm³/mol. The molecule has 2 N–H and O–H groups in total. The molecule has 1 aliphatic rings. The van der Waals surface area contributed by atoms with Gasteiger partial charge >= 0.3 is 5.97 Å². The minimum Gasteiger partial charge on any atom is -0.480 e. The Morgan fingerprint density at radius 3 is 2.28 bits per heavy atom. The number of rotatable bonds is 14. The van der Waals surface area contributed by atoms with Crippen LogP contribution in [0, 0.1) is 11.3 Å². The molecule has 0 saturated carbocycles. The van der Waals surface area contributed by atoms with Crippen molar-refractivity contribution < 1.29 is 18.3 Å². The van der Waals surface area contributed by atoms with Crippen molar-refractivity contribution in [1.29, 1.82) is 0 Å². The van der Waals surface area contributed by atoms with E-state index in [1.54, 1.807) is 11.8 Å². The molecule has 39 heavy (non-hydrogen) atoms. The third-order valence-electron chi connectivity index (χ3n) is 7.71. The molecule has 0 aliphatic carbocycles. The third-order valence-corrected chi connectivity index (χ3v) is 10.5. The Bertz CT molecular complexity index is 1190. The van der Waals surface area contributed by atoms with Gasteiger partial charge in [-0.1, -0.05) is 71.6 Å². The summed E-state index contributed by atoms with van der Waals surface area (Å²) in [5, 5.41) is 12.9. The van der Waals surface area contributed by atoms with Gasteiger partial charge < -0.3 is 15.3 Å². The van der Waals surface area contributed by atoms with Gasteiger partial charge in [0.25, 0.3) is 0 Å². The van der Waals surface area contributed by atoms with E-state index in [0.717, 1.165) is 60.4 Å². The number of carboxylic acid groups (broad SMARTS) is 1. The third kappa shape index (κ3) is 8.01. The molecule has 0 bridgehead atoms. The van der Waals surface area contributed by atoms with Gasteiger partial charge in [-0.2, -0.15) is 0 Å². The number of anilines is 2. The van der Waals surface area contributed by atoms with Crippen LogP contribution in [0.4, 0.5) is 11.4 Å². The van der Waals surface area contributed by atoms with Gasteiger partial charge in [0.1, 0.15) is 6.04 Å². The van der Waals surface area contributed by atoms with Crippen molar-refractivity contribution >= 4 is 38.9 Å². The van der Waals surface area contributed by atoms with Gasteiger partial charge in [-0.25, -0.2) is 8.42 Å². The van der Waals surface area contributed by atoms with E-state index < -0.39 is 21.8 Å². The maximum absolute atomic E-state index is 14.2. The fourth-order valence-corrected chi connectivity index (χ4v) is 8.45. The molecule has 3 rings (SSSR count). The van der Waals surface area contributed by atoms with E-state index in [4.69, 9.17) is 0 Å². The molecule has 0 aromatic heterocycles. The van der Waals surface area contributed by atoms with Gasteiger partial charge in [0.05, 0.1) is 16.3 Å². The normalized spacial score (nSPS) is 17.0. The minimum atomic E-state index is -3.60. The fourth-order valence-electron chi connectivity index (χ4n) is 5.67. The lowest BCUT2D eigenvalue weighted by atomic mass is 9.79. The Morgan fingerprint density at radius 1 is 1.10 bits per heavy atom. The Labute approximate surface area is 239 Å². The molecule has 0 spiro atoms. The highest BCUT2D eigenvalue weighted by molar-refractivity contribution is 7.98. The molecule has 1 heterocycles. The average Bonchev–Trinajstić information content (AvgIpc) is 3.00. The summed E-state index contributed by atoms with van der Waals surface area (Å²) < 4.78 is 28.4. The Balaban J connectivity index is 2.15. The zero-order valence-corrected chi connectivity index (χ0v) is 25.8. The molecule has 1 atom stereocenters. The zero-order chi connectivity index (χ0) is 28.6. The lowest BCUT2D eigenvalue weighted by molar-refractivity contribution is -0.140. The standard InChI is InChI=1S/C31H46N2O4S2/c1-6-8-15-31(16-9-7-2)21-33(25-13-11-10-12-14-25)27-19-28(38-5)24(18-29(27)39(36,37)22-31)20-32-26(30(34)35)17-23(3)4/h10-14,18-19,23,26,32H,6-9,15-17,20-22H2,1-5H3,(H,34,35). The molecule has 2 aromatic rings. The van der Waals surface area contributed by atoms with Gasteiger partial charge in [-0.15, -0.1) is 11.8 Å². The van der Waals surface area contributed by atoms with Gasteiger partial charge in [0, 0.05) is 29.1 Å². The van der Waals surface area contributed by atoms with Crippen LogP contribution in [0.3, 0.4) is 0 Å². The first-order valence-corrected chi connectivity index (χ1v) is 17.2. The number of benzene rings is 2. The number of sulfone groups is 1. The molecule has 0 amide bonds. The summed E-state index contributed by atoms with van der Waals surface area (Å²) in [5.41, 5.74) is 2.20. The van der Waals surface area contributed by atoms with E-state index in [2.05, 4.69) is 36.2 Å². The van der Waals surface area contributed by atoms with Crippen LogP contribution in [0.25, 0.3) is 0 Å². The SMILES string of the molecule is CCCCC1(CCCC)CN(c2ccccc2)c2cc(SC)c(CNC(CC(C)C)C(=O)O)cc2S(=O)(=O)C1. The molecule has 1 aliphatic heterocycles. The molecule has 1 unspecified atom stereocenters. The van der Waals surface area contributed by atoms with E-state index >= 15 is 0 Å². The largest absolute Gasteiger partial charge is 0.480 e. The van der Waals surface area contributed by atoms with Crippen molar-refractivity contribution in [3.8, 4) is 0 Å². The van der Waals surface area contributed by atoms with Crippen molar-refractivity contribution in [3.63, 3.8) is 0 Å². The Kier molecular flexibility index (Phi) is 11.3. The van der Waals surface area contributed by atoms with Gasteiger partial charge in [0.15, 0.2) is 9.84 Å². The van der Waals surface area contributed by atoms with Crippen LogP contribution in [0.15, 0.2) is 52.3 Å². The topological polar surface area (TPSA) is 86.7 Å². The van der Waals surface area contributed by atoms with E-state index in [-0.39, 0.29) is 17.1 Å². The number of thioether (sulfide) groups is 1. The summed E-state index contributed by atoms with van der Waals surface area (Å²) in [5.74, 6) is -0.527. The van der Waals surface area contributed by atoms with Crippen molar-refractivity contribution in [1.82, 2.24) is 5.32 Å². The molecular formula is C31H46N2O4S2. The monoisotopic (exact) mass is 574 g/mol. The van der Waals surface area contributed by atoms with Crippen LogP contribution in [0.5, 0.6) is 0 Å². The number of hydrogen-bond acceptors (Lipinski definition) is 6. The molecule has 216 valence electrons. The van der Waals surface area contributed by atoms with Crippen molar-refractivity contribution in [2.75, 3.05) is 23.5 Å². The van der Waals surface area contributed by atoms with Crippen LogP contribution >= 0.6 is 11.8 Å². The highest BCUT2D eigenvalue weighted by Gasteiger charge is 2.42. The zero-order valence-electron chi connectivity index (χ0n) is 24.2. The summed E-state index contributed by atoms with van der Waals surface area (Å²) in [7, 11) is -3.60. The predicted octanol–water partition coefficient (Wildman–Crippen LogP) is 7.29. The summed E-state index contributed by atoms with van der Waals surface area (Å²) in [6.45, 7) is 9.28. The first-order valence-electron chi connectivity index (χ1n) is 14.3. The summed E-state index contributed by atoms with van der Waals surface area (Å²) in [4.78, 5) is 15.4. The summed E-state index contributed by atoms with van der Waals surface area (Å²) in [6.07, 6.45) is 8.29. The second-order valence-corrected chi connectivity index (χ2v) is 14.2. The molecular weight excluding hydrogens is 528 g/mol. The Hall–Kier alpha value is -2.03. The number of nitrogens with one attached hydrogen (secondary N) is 1. The van der Waals surface area contributed by atoms with Crippen LogP contribution in [-0.2, 0) is 21.2 Å². The van der Waals surface area contributed by atoms with Gasteiger partial charge in [-0.3, -0.25) is 4.79 Å². The maximum Gasteiger partial charge on any atom is 0.320 e. The van der Waals surface area contributed by atoms with E-state index in [1.807, 2.05) is 50.4 Å². The first kappa shape index (κ1) is 31.5. The van der Waals surface area contributed by atoms with E-state index in [1.165, 1.54) is 0 Å². The van der Waals surface area contributed by atoms with Crippen molar-refractivity contribution in [3.05, 3.63) is 48.0 Å². The fraction of sp³-hybridized carbons (Fsp3) is 0.581. The number of hydrogen-bond donors (Lipinski definition) is 2. The van der Waals surface area contributed by atoms with E-state index in [0.29, 0.717) is 24.4 Å². The minimum absolute atomic E-state index is 0.132. The highest BCUT2D eigenvalue weighted by Crippen LogP contribution is 2.46. The first-order chi connectivity index (χ1) is 18.6. The summed E-state index contributed by atoms with van der Waals surface area (Å²) in [6, 6.07) is 13.2. The molecule has 8 heteroatoms. The summed E-state index contributed by atoms with van der Waals surface area (Å²) >= 11 is 1.57. The maximum atomic E-state index is 14.2. The van der Waals surface area contributed by atoms with Crippen LogP contribution in [-0.4, -0.2) is 44.1 Å². The molecule has 6 nitrogen and oxygen atoms in total. The second-order valence-electron chi connectivity index (χ2n) is 11.4. The number of para-hydroxylation sites is 1. The number of carbonyl (C=O) groups is 1. The highest BCUT2D eigenvalue weighted by atomic mass is 32.2. The van der Waals surface area contributed by atoms with Crippen LogP contribution in [0.1, 0.15) is 78.2 Å². The van der Waals surface area contributed by atoms with Crippen LogP contribution < -0.4 is 10.2 Å². The lowest BCUT2D eigenvalue weighted by Crippen LogP contribution is -2.38. The molecule has 0 fully saturated rings. The number of nitrogens with zero attached hydrogens (tertiary/aromatic N) is 1. The number of aliphatic carboxylic acids is 1. The van der Waals surface area contributed by atoms with Crippen molar-refractivity contribution in [2.45, 2.75) is 95.0 Å². The van der Waals surface area contributed by atoms with Crippen molar-refractivity contribution in [2.24, 2.45) is 11.3 Å². The Morgan fingerprint density at radius 2 is 1.74 bits per heavy atom. The van der Waals surface area contributed by atoms with E-state index in [9.17, 15) is 18.3 Å². The molecule has 0 saturated heterocycles. The number of carboxylic acids is 1. The number of unbranched alkanes of at least 4 members (excludes halogenated alkanes) is 2. The molecule has 0 radical (unpaired) electrons. The smallest absolute Gasteiger partial charge is 0.320 e. The number of fused-ring (bicyclic) bond motifs is 1. The average molecular weight is 575 g/mol. The van der Waals surface area contributed by atoms with Gasteiger partial charge in [-0.05, 0) is 61.3 Å².